The SMILES string of the molecule is CCc1cc(C#Cc2c(F)cc(C)cc2F)cc(OC)c1C#Cc1ccc(C)cc1. The van der Waals surface area contributed by atoms with Gasteiger partial charge in [0.05, 0.1) is 18.2 Å². The molecule has 0 amide bonds. The van der Waals surface area contributed by atoms with Gasteiger partial charge in [0.25, 0.3) is 0 Å². The molecule has 0 N–H and O–H groups in total. The summed E-state index contributed by atoms with van der Waals surface area (Å²) in [6.07, 6.45) is 0.719. The fourth-order valence-electron chi connectivity index (χ4n) is 3.05. The second kappa shape index (κ2) is 9.29. The third kappa shape index (κ3) is 4.88. The molecule has 3 aromatic carbocycles. The monoisotopic (exact) mass is 400 g/mol. The van der Waals surface area contributed by atoms with Crippen LogP contribution in [0.4, 0.5) is 8.78 Å². The van der Waals surface area contributed by atoms with Crippen LogP contribution in [0.15, 0.2) is 48.5 Å². The van der Waals surface area contributed by atoms with Crippen LogP contribution in [0, 0.1) is 49.2 Å². The Labute approximate surface area is 176 Å². The number of hydrogen-bond acceptors (Lipinski definition) is 1. The van der Waals surface area contributed by atoms with E-state index < -0.39 is 11.6 Å². The highest BCUT2D eigenvalue weighted by molar-refractivity contribution is 5.59. The fraction of sp³-hybridized carbons (Fsp3) is 0.185. The molecule has 0 bridgehead atoms. The Balaban J connectivity index is 2.02. The Kier molecular flexibility index (Phi) is 6.55. The van der Waals surface area contributed by atoms with E-state index in [0.29, 0.717) is 16.9 Å². The minimum Gasteiger partial charge on any atom is -0.495 e. The smallest absolute Gasteiger partial charge is 0.142 e. The Hall–Kier alpha value is -3.56. The predicted octanol–water partition coefficient (Wildman–Crippen LogP) is 5.95. The van der Waals surface area contributed by atoms with Crippen LogP contribution in [0.5, 0.6) is 5.75 Å². The van der Waals surface area contributed by atoms with E-state index in [1.54, 1.807) is 20.1 Å². The maximum Gasteiger partial charge on any atom is 0.142 e. The van der Waals surface area contributed by atoms with Gasteiger partial charge in [-0.05, 0) is 67.8 Å². The van der Waals surface area contributed by atoms with Gasteiger partial charge < -0.3 is 4.74 Å². The summed E-state index contributed by atoms with van der Waals surface area (Å²) in [5.41, 5.74) is 4.74. The first-order chi connectivity index (χ1) is 14.4. The molecule has 0 spiro atoms. The second-order valence-electron chi connectivity index (χ2n) is 7.04. The first-order valence-corrected chi connectivity index (χ1v) is 9.68. The molecule has 30 heavy (non-hydrogen) atoms. The van der Waals surface area contributed by atoms with E-state index in [0.717, 1.165) is 23.1 Å². The van der Waals surface area contributed by atoms with Gasteiger partial charge in [0.15, 0.2) is 0 Å². The van der Waals surface area contributed by atoms with Crippen molar-refractivity contribution in [3.05, 3.63) is 99.1 Å². The molecule has 0 aliphatic rings. The summed E-state index contributed by atoms with van der Waals surface area (Å²) in [5.74, 6) is 11.1. The number of methoxy groups -OCH3 is 1. The van der Waals surface area contributed by atoms with Crippen molar-refractivity contribution in [2.45, 2.75) is 27.2 Å². The lowest BCUT2D eigenvalue weighted by Crippen LogP contribution is -1.96. The van der Waals surface area contributed by atoms with Crippen molar-refractivity contribution < 1.29 is 13.5 Å². The minimum absolute atomic E-state index is 0.235. The summed E-state index contributed by atoms with van der Waals surface area (Å²) in [4.78, 5) is 0. The fourth-order valence-corrected chi connectivity index (χ4v) is 3.05. The molecule has 0 aromatic heterocycles. The van der Waals surface area contributed by atoms with E-state index in [9.17, 15) is 8.78 Å². The van der Waals surface area contributed by atoms with Gasteiger partial charge in [0, 0.05) is 11.1 Å². The van der Waals surface area contributed by atoms with Crippen LogP contribution in [-0.4, -0.2) is 7.11 Å². The van der Waals surface area contributed by atoms with E-state index in [1.807, 2.05) is 44.2 Å². The molecule has 0 fully saturated rings. The largest absolute Gasteiger partial charge is 0.495 e. The van der Waals surface area contributed by atoms with Crippen LogP contribution in [0.25, 0.3) is 0 Å². The van der Waals surface area contributed by atoms with Crippen LogP contribution in [0.1, 0.15) is 45.9 Å². The Morgan fingerprint density at radius 2 is 1.33 bits per heavy atom. The molecular weight excluding hydrogens is 378 g/mol. The molecule has 3 rings (SSSR count). The van der Waals surface area contributed by atoms with Crippen molar-refractivity contribution in [2.24, 2.45) is 0 Å². The summed E-state index contributed by atoms with van der Waals surface area (Å²) in [5, 5.41) is 0. The summed E-state index contributed by atoms with van der Waals surface area (Å²) >= 11 is 0. The van der Waals surface area contributed by atoms with Gasteiger partial charge in [-0.2, -0.15) is 0 Å². The van der Waals surface area contributed by atoms with E-state index >= 15 is 0 Å². The molecule has 0 unspecified atom stereocenters. The van der Waals surface area contributed by atoms with Gasteiger partial charge in [0.1, 0.15) is 17.4 Å². The second-order valence-corrected chi connectivity index (χ2v) is 7.04. The van der Waals surface area contributed by atoms with Gasteiger partial charge >= 0.3 is 0 Å². The van der Waals surface area contributed by atoms with Crippen LogP contribution >= 0.6 is 0 Å². The number of rotatable bonds is 2. The third-order valence-electron chi connectivity index (χ3n) is 4.69. The first kappa shape index (κ1) is 21.2. The lowest BCUT2D eigenvalue weighted by molar-refractivity contribution is 0.413. The minimum atomic E-state index is -0.664. The number of aryl methyl sites for hydroxylation is 3. The van der Waals surface area contributed by atoms with Gasteiger partial charge in [-0.3, -0.25) is 0 Å². The zero-order valence-electron chi connectivity index (χ0n) is 17.5. The van der Waals surface area contributed by atoms with Crippen LogP contribution in [0.2, 0.25) is 0 Å². The summed E-state index contributed by atoms with van der Waals surface area (Å²) in [6, 6.07) is 14.2. The average Bonchev–Trinajstić information content (AvgIpc) is 2.72. The molecular formula is C27H22F2O. The highest BCUT2D eigenvalue weighted by atomic mass is 19.1. The summed E-state index contributed by atoms with van der Waals surface area (Å²) in [7, 11) is 1.57. The molecule has 3 heteroatoms. The molecule has 3 aromatic rings. The van der Waals surface area contributed by atoms with E-state index in [-0.39, 0.29) is 5.56 Å². The maximum absolute atomic E-state index is 14.1. The lowest BCUT2D eigenvalue weighted by Gasteiger charge is -2.09. The standard InChI is InChI=1S/C27H22F2O/c1-5-22-16-21(11-13-24-25(28)14-19(3)15-26(24)29)17-27(30-4)23(22)12-10-20-8-6-18(2)7-9-20/h6-9,14-17H,5H2,1-4H3. The lowest BCUT2D eigenvalue weighted by atomic mass is 10.00. The first-order valence-electron chi connectivity index (χ1n) is 9.68. The Morgan fingerprint density at radius 3 is 1.93 bits per heavy atom. The highest BCUT2D eigenvalue weighted by Gasteiger charge is 2.10. The van der Waals surface area contributed by atoms with E-state index in [4.69, 9.17) is 4.74 Å². The van der Waals surface area contributed by atoms with Crippen molar-refractivity contribution in [1.29, 1.82) is 0 Å². The summed E-state index contributed by atoms with van der Waals surface area (Å²) in [6.45, 7) is 5.68. The van der Waals surface area contributed by atoms with Gasteiger partial charge in [0.2, 0.25) is 0 Å². The Morgan fingerprint density at radius 1 is 0.733 bits per heavy atom. The number of hydrogen-bond donors (Lipinski definition) is 0. The quantitative estimate of drug-likeness (QED) is 0.483. The zero-order chi connectivity index (χ0) is 21.7. The molecule has 0 saturated carbocycles. The number of halogens is 2. The van der Waals surface area contributed by atoms with Crippen molar-refractivity contribution in [3.8, 4) is 29.4 Å². The molecule has 0 atom stereocenters. The molecule has 0 heterocycles. The highest BCUT2D eigenvalue weighted by Crippen LogP contribution is 2.25. The normalized spacial score (nSPS) is 9.93. The number of benzene rings is 3. The predicted molar refractivity (Wildman–Crippen MR) is 117 cm³/mol. The Bertz CT molecular complexity index is 1150. The van der Waals surface area contributed by atoms with E-state index in [1.165, 1.54) is 17.7 Å². The van der Waals surface area contributed by atoms with Crippen molar-refractivity contribution in [2.75, 3.05) is 7.11 Å². The van der Waals surface area contributed by atoms with Gasteiger partial charge in [-0.15, -0.1) is 0 Å². The molecule has 1 nitrogen and oxygen atoms in total. The molecule has 0 saturated heterocycles. The van der Waals surface area contributed by atoms with Gasteiger partial charge in [-0.25, -0.2) is 8.78 Å². The van der Waals surface area contributed by atoms with Crippen LogP contribution < -0.4 is 4.74 Å². The average molecular weight is 400 g/mol. The molecule has 0 aliphatic heterocycles. The van der Waals surface area contributed by atoms with Gasteiger partial charge in [-0.1, -0.05) is 48.3 Å². The molecule has 150 valence electrons. The molecule has 0 radical (unpaired) electrons. The van der Waals surface area contributed by atoms with Crippen LogP contribution in [-0.2, 0) is 6.42 Å². The topological polar surface area (TPSA) is 9.23 Å². The zero-order valence-corrected chi connectivity index (χ0v) is 17.5. The van der Waals surface area contributed by atoms with Crippen molar-refractivity contribution in [3.63, 3.8) is 0 Å². The van der Waals surface area contributed by atoms with Crippen LogP contribution in [0.3, 0.4) is 0 Å². The molecule has 0 aliphatic carbocycles. The van der Waals surface area contributed by atoms with Crippen molar-refractivity contribution >= 4 is 0 Å². The number of ether oxygens (including phenoxy) is 1. The third-order valence-corrected chi connectivity index (χ3v) is 4.69. The summed E-state index contributed by atoms with van der Waals surface area (Å²) < 4.78 is 33.7. The van der Waals surface area contributed by atoms with E-state index in [2.05, 4.69) is 23.7 Å². The maximum atomic E-state index is 14.1. The van der Waals surface area contributed by atoms with Crippen molar-refractivity contribution in [1.82, 2.24) is 0 Å².